The molecule has 9 heteroatoms. The van der Waals surface area contributed by atoms with Crippen LogP contribution in [0.3, 0.4) is 0 Å². The SMILES string of the molecule is NC(=O)c1c(F)cc(Br)cc1NCCc1ccc(S(N)(=O)=O)cc1. The van der Waals surface area contributed by atoms with E-state index in [4.69, 9.17) is 10.9 Å². The number of hydrogen-bond acceptors (Lipinski definition) is 4. The van der Waals surface area contributed by atoms with Crippen LogP contribution in [0.2, 0.25) is 0 Å². The molecule has 0 saturated carbocycles. The zero-order valence-corrected chi connectivity index (χ0v) is 14.8. The van der Waals surface area contributed by atoms with E-state index in [9.17, 15) is 17.6 Å². The Bertz CT molecular complexity index is 870. The van der Waals surface area contributed by atoms with Gasteiger partial charge in [-0.3, -0.25) is 4.79 Å². The minimum absolute atomic E-state index is 0.0317. The van der Waals surface area contributed by atoms with Crippen molar-refractivity contribution >= 4 is 37.5 Å². The zero-order chi connectivity index (χ0) is 17.9. The molecule has 0 bridgehead atoms. The molecule has 0 unspecified atom stereocenters. The lowest BCUT2D eigenvalue weighted by atomic mass is 10.1. The average Bonchev–Trinajstić information content (AvgIpc) is 2.45. The predicted octanol–water partition coefficient (Wildman–Crippen LogP) is 1.99. The Morgan fingerprint density at radius 1 is 1.21 bits per heavy atom. The van der Waals surface area contributed by atoms with Crippen molar-refractivity contribution in [2.45, 2.75) is 11.3 Å². The van der Waals surface area contributed by atoms with Crippen molar-refractivity contribution in [3.63, 3.8) is 0 Å². The summed E-state index contributed by atoms with van der Waals surface area (Å²) in [6.07, 6.45) is 0.525. The quantitative estimate of drug-likeness (QED) is 0.668. The number of primary amides is 1. The molecule has 6 nitrogen and oxygen atoms in total. The number of rotatable bonds is 6. The molecule has 5 N–H and O–H groups in total. The molecule has 0 aliphatic rings. The van der Waals surface area contributed by atoms with E-state index in [1.807, 2.05) is 0 Å². The summed E-state index contributed by atoms with van der Waals surface area (Å²) < 4.78 is 36.7. The van der Waals surface area contributed by atoms with Crippen LogP contribution in [-0.2, 0) is 16.4 Å². The molecule has 0 aliphatic heterocycles. The summed E-state index contributed by atoms with van der Waals surface area (Å²) in [7, 11) is -3.72. The van der Waals surface area contributed by atoms with Crippen LogP contribution in [0.5, 0.6) is 0 Å². The third-order valence-corrected chi connectivity index (χ3v) is 4.67. The molecule has 2 rings (SSSR count). The van der Waals surface area contributed by atoms with Gasteiger partial charge in [0.15, 0.2) is 0 Å². The summed E-state index contributed by atoms with van der Waals surface area (Å²) in [5, 5.41) is 7.99. The molecule has 1 amide bonds. The monoisotopic (exact) mass is 415 g/mol. The highest BCUT2D eigenvalue weighted by molar-refractivity contribution is 9.10. The van der Waals surface area contributed by atoms with Crippen LogP contribution in [0.25, 0.3) is 0 Å². The summed E-state index contributed by atoms with van der Waals surface area (Å²) >= 11 is 3.16. The number of benzene rings is 2. The largest absolute Gasteiger partial charge is 0.384 e. The van der Waals surface area contributed by atoms with E-state index in [0.29, 0.717) is 17.4 Å². The van der Waals surface area contributed by atoms with Gasteiger partial charge in [-0.25, -0.2) is 17.9 Å². The van der Waals surface area contributed by atoms with E-state index in [1.165, 1.54) is 12.1 Å². The van der Waals surface area contributed by atoms with Crippen LogP contribution in [0.4, 0.5) is 10.1 Å². The maximum atomic E-state index is 13.8. The van der Waals surface area contributed by atoms with E-state index in [0.717, 1.165) is 11.6 Å². The molecule has 2 aromatic carbocycles. The molecule has 0 radical (unpaired) electrons. The first-order valence-electron chi connectivity index (χ1n) is 6.83. The van der Waals surface area contributed by atoms with Crippen LogP contribution in [0.1, 0.15) is 15.9 Å². The van der Waals surface area contributed by atoms with Crippen molar-refractivity contribution in [3.05, 3.63) is 57.8 Å². The van der Waals surface area contributed by atoms with Gasteiger partial charge in [-0.2, -0.15) is 0 Å². The maximum Gasteiger partial charge on any atom is 0.253 e. The summed E-state index contributed by atoms with van der Waals surface area (Å²) in [4.78, 5) is 11.4. The molecule has 2 aromatic rings. The van der Waals surface area contributed by atoms with Gasteiger partial charge in [-0.05, 0) is 36.2 Å². The molecule has 0 aliphatic carbocycles. The van der Waals surface area contributed by atoms with Gasteiger partial charge in [0.05, 0.1) is 16.1 Å². The van der Waals surface area contributed by atoms with Gasteiger partial charge in [-0.1, -0.05) is 28.1 Å². The van der Waals surface area contributed by atoms with Crippen LogP contribution in [0, 0.1) is 5.82 Å². The number of carbonyl (C=O) groups is 1. The van der Waals surface area contributed by atoms with Gasteiger partial charge in [0.25, 0.3) is 5.91 Å². The number of nitrogens with two attached hydrogens (primary N) is 2. The van der Waals surface area contributed by atoms with Crippen LogP contribution in [-0.4, -0.2) is 20.9 Å². The fourth-order valence-corrected chi connectivity index (χ4v) is 3.10. The van der Waals surface area contributed by atoms with Crippen molar-refractivity contribution in [3.8, 4) is 0 Å². The van der Waals surface area contributed by atoms with Crippen LogP contribution >= 0.6 is 15.9 Å². The smallest absolute Gasteiger partial charge is 0.253 e. The highest BCUT2D eigenvalue weighted by Crippen LogP contribution is 2.24. The molecule has 0 spiro atoms. The molecule has 0 saturated heterocycles. The van der Waals surface area contributed by atoms with Gasteiger partial charge >= 0.3 is 0 Å². The van der Waals surface area contributed by atoms with Crippen molar-refractivity contribution in [2.24, 2.45) is 10.9 Å². The number of anilines is 1. The Kier molecular flexibility index (Phi) is 5.58. The van der Waals surface area contributed by atoms with E-state index in [2.05, 4.69) is 21.2 Å². The zero-order valence-electron chi connectivity index (χ0n) is 12.4. The van der Waals surface area contributed by atoms with Crippen LogP contribution in [0.15, 0.2) is 45.8 Å². The average molecular weight is 416 g/mol. The van der Waals surface area contributed by atoms with Gasteiger partial charge in [0.1, 0.15) is 5.82 Å². The summed E-state index contributed by atoms with van der Waals surface area (Å²) in [6, 6.07) is 8.83. The Labute approximate surface area is 147 Å². The Hall–Kier alpha value is -1.97. The van der Waals surface area contributed by atoms with E-state index >= 15 is 0 Å². The first kappa shape index (κ1) is 18.4. The Morgan fingerprint density at radius 2 is 1.83 bits per heavy atom. The standard InChI is InChI=1S/C15H15BrFN3O3S/c16-10-7-12(17)14(15(18)21)13(8-10)20-6-5-9-1-3-11(4-2-9)24(19,22)23/h1-4,7-8,20H,5-6H2,(H2,18,21)(H2,19,22,23). The number of nitrogens with one attached hydrogen (secondary N) is 1. The minimum Gasteiger partial charge on any atom is -0.384 e. The van der Waals surface area contributed by atoms with E-state index in [1.54, 1.807) is 18.2 Å². The topological polar surface area (TPSA) is 115 Å². The molecule has 0 heterocycles. The molecule has 24 heavy (non-hydrogen) atoms. The van der Waals surface area contributed by atoms with Gasteiger partial charge in [0.2, 0.25) is 10.0 Å². The fraction of sp³-hybridized carbons (Fsp3) is 0.133. The van der Waals surface area contributed by atoms with Crippen molar-refractivity contribution < 1.29 is 17.6 Å². The number of sulfonamides is 1. The lowest BCUT2D eigenvalue weighted by Crippen LogP contribution is -2.17. The number of primary sulfonamides is 1. The third-order valence-electron chi connectivity index (χ3n) is 3.28. The van der Waals surface area contributed by atoms with Crippen molar-refractivity contribution in [2.75, 3.05) is 11.9 Å². The first-order valence-corrected chi connectivity index (χ1v) is 9.17. The number of hydrogen-bond donors (Lipinski definition) is 3. The van der Waals surface area contributed by atoms with E-state index < -0.39 is 21.7 Å². The Balaban J connectivity index is 2.08. The highest BCUT2D eigenvalue weighted by atomic mass is 79.9. The number of halogens is 2. The number of amides is 1. The minimum atomic E-state index is -3.72. The van der Waals surface area contributed by atoms with Gasteiger partial charge in [-0.15, -0.1) is 0 Å². The van der Waals surface area contributed by atoms with E-state index in [-0.39, 0.29) is 16.1 Å². The normalized spacial score (nSPS) is 11.3. The van der Waals surface area contributed by atoms with Crippen molar-refractivity contribution in [1.82, 2.24) is 0 Å². The highest BCUT2D eigenvalue weighted by Gasteiger charge is 2.15. The van der Waals surface area contributed by atoms with Crippen LogP contribution < -0.4 is 16.2 Å². The molecular formula is C15H15BrFN3O3S. The third kappa shape index (κ3) is 4.53. The maximum absolute atomic E-state index is 13.8. The second-order valence-corrected chi connectivity index (χ2v) is 7.52. The summed E-state index contributed by atoms with van der Waals surface area (Å²) in [5.74, 6) is -1.57. The predicted molar refractivity (Wildman–Crippen MR) is 92.6 cm³/mol. The molecular weight excluding hydrogens is 401 g/mol. The lowest BCUT2D eigenvalue weighted by Gasteiger charge is -2.12. The lowest BCUT2D eigenvalue weighted by molar-refractivity contribution is 0.0997. The molecule has 0 atom stereocenters. The van der Waals surface area contributed by atoms with Gasteiger partial charge in [0, 0.05) is 11.0 Å². The summed E-state index contributed by atoms with van der Waals surface area (Å²) in [6.45, 7) is 0.394. The molecule has 128 valence electrons. The molecule has 0 fully saturated rings. The van der Waals surface area contributed by atoms with Crippen molar-refractivity contribution in [1.29, 1.82) is 0 Å². The second-order valence-electron chi connectivity index (χ2n) is 5.04. The fourth-order valence-electron chi connectivity index (χ4n) is 2.15. The first-order chi connectivity index (χ1) is 11.2. The number of carbonyl (C=O) groups excluding carboxylic acids is 1. The summed E-state index contributed by atoms with van der Waals surface area (Å²) in [5.41, 5.74) is 6.14. The second kappa shape index (κ2) is 7.29. The van der Waals surface area contributed by atoms with Gasteiger partial charge < -0.3 is 11.1 Å². The molecule has 0 aromatic heterocycles. The Morgan fingerprint density at radius 3 is 2.38 bits per heavy atom.